The number of anilines is 1. The molecule has 0 aliphatic heterocycles. The Hall–Kier alpha value is -2.97. The maximum Gasteiger partial charge on any atom is 0.319 e. The van der Waals surface area contributed by atoms with Crippen molar-refractivity contribution >= 4 is 34.4 Å². The number of hydrogen-bond acceptors (Lipinski definition) is 6. The summed E-state index contributed by atoms with van der Waals surface area (Å²) in [6.07, 6.45) is 0.444. The van der Waals surface area contributed by atoms with Gasteiger partial charge in [-0.15, -0.1) is 22.7 Å². The lowest BCUT2D eigenvalue weighted by Crippen LogP contribution is -2.28. The Bertz CT molecular complexity index is 1010. The van der Waals surface area contributed by atoms with Gasteiger partial charge >= 0.3 is 6.03 Å². The van der Waals surface area contributed by atoms with E-state index < -0.39 is 0 Å². The number of urea groups is 1. The van der Waals surface area contributed by atoms with E-state index in [1.54, 1.807) is 22.7 Å². The van der Waals surface area contributed by atoms with Crippen molar-refractivity contribution in [2.75, 3.05) is 5.32 Å². The molecule has 4 rings (SSSR count). The van der Waals surface area contributed by atoms with Crippen molar-refractivity contribution in [3.63, 3.8) is 0 Å². The molecule has 136 valence electrons. The molecule has 0 atom stereocenters. The molecule has 3 aromatic heterocycles. The molecular weight excluding hydrogens is 380 g/mol. The van der Waals surface area contributed by atoms with E-state index in [1.807, 2.05) is 59.3 Å². The zero-order chi connectivity index (χ0) is 18.5. The molecule has 0 aliphatic rings. The number of rotatable bonds is 6. The maximum absolute atomic E-state index is 12.2. The summed E-state index contributed by atoms with van der Waals surface area (Å²) in [4.78, 5) is 18.7. The third-order valence-corrected chi connectivity index (χ3v) is 5.56. The fourth-order valence-electron chi connectivity index (χ4n) is 2.54. The summed E-state index contributed by atoms with van der Waals surface area (Å²) in [5.41, 5.74) is 1.63. The third kappa shape index (κ3) is 4.42. The lowest BCUT2D eigenvalue weighted by molar-refractivity contribution is 0.252. The molecule has 3 heterocycles. The van der Waals surface area contributed by atoms with Gasteiger partial charge in [0.25, 0.3) is 0 Å². The minimum Gasteiger partial charge on any atom is -0.339 e. The largest absolute Gasteiger partial charge is 0.339 e. The molecule has 6 nitrogen and oxygen atoms in total. The van der Waals surface area contributed by atoms with Crippen LogP contribution >= 0.6 is 22.7 Å². The summed E-state index contributed by atoms with van der Waals surface area (Å²) in [5, 5.41) is 13.7. The van der Waals surface area contributed by atoms with Crippen LogP contribution in [0.2, 0.25) is 0 Å². The second-order valence-electron chi connectivity index (χ2n) is 5.71. The molecule has 1 aromatic carbocycles. The number of carbonyl (C=O) groups is 1. The molecular formula is C19H16N4O2S2. The van der Waals surface area contributed by atoms with Gasteiger partial charge in [-0.25, -0.2) is 4.79 Å². The van der Waals surface area contributed by atoms with Crippen molar-refractivity contribution in [1.82, 2.24) is 15.5 Å². The van der Waals surface area contributed by atoms with Crippen molar-refractivity contribution in [1.29, 1.82) is 0 Å². The van der Waals surface area contributed by atoms with Crippen LogP contribution in [0.4, 0.5) is 10.5 Å². The third-order valence-electron chi connectivity index (χ3n) is 3.82. The Morgan fingerprint density at radius 3 is 2.70 bits per heavy atom. The van der Waals surface area contributed by atoms with E-state index in [-0.39, 0.29) is 6.03 Å². The molecule has 0 aliphatic carbocycles. The summed E-state index contributed by atoms with van der Waals surface area (Å²) in [7, 11) is 0. The lowest BCUT2D eigenvalue weighted by Gasteiger charge is -2.10. The van der Waals surface area contributed by atoms with Gasteiger partial charge in [0.2, 0.25) is 11.7 Å². The average molecular weight is 396 g/mol. The molecule has 27 heavy (non-hydrogen) atoms. The summed E-state index contributed by atoms with van der Waals surface area (Å²) >= 11 is 3.17. The van der Waals surface area contributed by atoms with E-state index in [1.165, 1.54) is 0 Å². The predicted molar refractivity (Wildman–Crippen MR) is 107 cm³/mol. The molecule has 0 saturated carbocycles. The van der Waals surface area contributed by atoms with Crippen LogP contribution in [-0.2, 0) is 13.0 Å². The first-order chi connectivity index (χ1) is 13.3. The van der Waals surface area contributed by atoms with Crippen molar-refractivity contribution in [3.8, 4) is 10.7 Å². The number of para-hydroxylation sites is 1. The van der Waals surface area contributed by atoms with Crippen molar-refractivity contribution < 1.29 is 9.32 Å². The first kappa shape index (κ1) is 17.4. The van der Waals surface area contributed by atoms with Gasteiger partial charge in [-0.2, -0.15) is 4.98 Å². The summed E-state index contributed by atoms with van der Waals surface area (Å²) in [6, 6.07) is 15.2. The number of carbonyl (C=O) groups excluding carboxylic acids is 1. The molecule has 0 spiro atoms. The van der Waals surface area contributed by atoms with Crippen LogP contribution in [-0.4, -0.2) is 16.2 Å². The number of nitrogens with one attached hydrogen (secondary N) is 2. The highest BCUT2D eigenvalue weighted by Crippen LogP contribution is 2.23. The van der Waals surface area contributed by atoms with E-state index in [4.69, 9.17) is 4.52 Å². The van der Waals surface area contributed by atoms with Crippen LogP contribution in [0.25, 0.3) is 10.7 Å². The molecule has 4 aromatic rings. The number of amides is 2. The van der Waals surface area contributed by atoms with E-state index in [0.717, 1.165) is 21.0 Å². The van der Waals surface area contributed by atoms with Crippen LogP contribution in [0.5, 0.6) is 0 Å². The molecule has 0 radical (unpaired) electrons. The predicted octanol–water partition coefficient (Wildman–Crippen LogP) is 4.77. The van der Waals surface area contributed by atoms with Gasteiger partial charge in [0, 0.05) is 10.6 Å². The van der Waals surface area contributed by atoms with Gasteiger partial charge in [0.1, 0.15) is 0 Å². The highest BCUT2D eigenvalue weighted by molar-refractivity contribution is 7.13. The SMILES string of the molecule is O=C(NCc1cccs1)Nc1ccccc1Cc1nc(-c2cccs2)no1. The maximum atomic E-state index is 12.2. The first-order valence-corrected chi connectivity index (χ1v) is 10.1. The Labute approximate surface area is 163 Å². The van der Waals surface area contributed by atoms with E-state index in [2.05, 4.69) is 20.8 Å². The Morgan fingerprint density at radius 1 is 1.04 bits per heavy atom. The fourth-order valence-corrected chi connectivity index (χ4v) is 3.83. The van der Waals surface area contributed by atoms with E-state index >= 15 is 0 Å². The number of nitrogens with zero attached hydrogens (tertiary/aromatic N) is 2. The Kier molecular flexibility index (Phi) is 5.27. The van der Waals surface area contributed by atoms with Crippen LogP contribution in [0.15, 0.2) is 63.8 Å². The van der Waals surface area contributed by atoms with Gasteiger partial charge in [-0.3, -0.25) is 0 Å². The number of benzene rings is 1. The second-order valence-corrected chi connectivity index (χ2v) is 7.69. The van der Waals surface area contributed by atoms with Crippen LogP contribution in [0.1, 0.15) is 16.3 Å². The smallest absolute Gasteiger partial charge is 0.319 e. The standard InChI is InChI=1S/C19H16N4O2S2/c24-19(20-12-14-6-3-9-26-14)21-15-7-2-1-5-13(15)11-17-22-18(23-25-17)16-8-4-10-27-16/h1-10H,11-12H2,(H2,20,21,24). The monoisotopic (exact) mass is 396 g/mol. The van der Waals surface area contributed by atoms with Gasteiger partial charge in [-0.1, -0.05) is 35.5 Å². The lowest BCUT2D eigenvalue weighted by atomic mass is 10.1. The minimum absolute atomic E-state index is 0.249. The summed E-state index contributed by atoms with van der Waals surface area (Å²) in [5.74, 6) is 1.09. The topological polar surface area (TPSA) is 80.0 Å². The molecule has 0 unspecified atom stereocenters. The summed E-state index contributed by atoms with van der Waals surface area (Å²) < 4.78 is 5.37. The van der Waals surface area contributed by atoms with Gasteiger partial charge in [0.05, 0.1) is 17.8 Å². The molecule has 0 bridgehead atoms. The van der Waals surface area contributed by atoms with E-state index in [0.29, 0.717) is 24.7 Å². The molecule has 2 amide bonds. The van der Waals surface area contributed by atoms with Gasteiger partial charge in [-0.05, 0) is 34.5 Å². The average Bonchev–Trinajstić information content (AvgIpc) is 3.44. The van der Waals surface area contributed by atoms with Gasteiger partial charge < -0.3 is 15.2 Å². The Balaban J connectivity index is 1.42. The number of hydrogen-bond donors (Lipinski definition) is 2. The van der Waals surface area contributed by atoms with Crippen molar-refractivity contribution in [3.05, 3.63) is 75.6 Å². The summed E-state index contributed by atoms with van der Waals surface area (Å²) in [6.45, 7) is 0.500. The highest BCUT2D eigenvalue weighted by atomic mass is 32.1. The second kappa shape index (κ2) is 8.15. The quantitative estimate of drug-likeness (QED) is 0.492. The van der Waals surface area contributed by atoms with Crippen LogP contribution < -0.4 is 10.6 Å². The fraction of sp³-hybridized carbons (Fsp3) is 0.105. The van der Waals surface area contributed by atoms with Gasteiger partial charge in [0.15, 0.2) is 0 Å². The molecule has 2 N–H and O–H groups in total. The number of aromatic nitrogens is 2. The molecule has 8 heteroatoms. The first-order valence-electron chi connectivity index (χ1n) is 8.29. The van der Waals surface area contributed by atoms with Crippen LogP contribution in [0, 0.1) is 0 Å². The van der Waals surface area contributed by atoms with E-state index in [9.17, 15) is 4.79 Å². The minimum atomic E-state index is -0.249. The zero-order valence-electron chi connectivity index (χ0n) is 14.2. The zero-order valence-corrected chi connectivity index (χ0v) is 15.8. The molecule has 0 fully saturated rings. The normalized spacial score (nSPS) is 10.7. The Morgan fingerprint density at radius 2 is 1.89 bits per heavy atom. The van der Waals surface area contributed by atoms with Crippen molar-refractivity contribution in [2.24, 2.45) is 0 Å². The molecule has 0 saturated heterocycles. The van der Waals surface area contributed by atoms with Crippen molar-refractivity contribution in [2.45, 2.75) is 13.0 Å². The van der Waals surface area contributed by atoms with Crippen LogP contribution in [0.3, 0.4) is 0 Å². The number of thiophene rings is 2. The highest BCUT2D eigenvalue weighted by Gasteiger charge is 2.13.